The van der Waals surface area contributed by atoms with Gasteiger partial charge in [0.25, 0.3) is 5.56 Å². The standard InChI is InChI=1S/C27H28N4O3/c1-19-11-12-22(34-19)17-28-26(32)21-13-15-30(16-14-21)25-27(33)31(18-20-7-3-2-4-8-20)24-10-6-5-9-23(24)29-25/h2-12,21H,13-18H2,1H3,(H,28,32). The SMILES string of the molecule is Cc1ccc(CNC(=O)C2CCN(c3nc4ccccc4n(Cc4ccccc4)c3=O)CC2)o1. The zero-order chi connectivity index (χ0) is 23.5. The molecule has 0 bridgehead atoms. The quantitative estimate of drug-likeness (QED) is 0.476. The Morgan fingerprint density at radius 2 is 1.76 bits per heavy atom. The number of hydrogen-bond donors (Lipinski definition) is 1. The van der Waals surface area contributed by atoms with E-state index in [0.717, 1.165) is 28.1 Å². The van der Waals surface area contributed by atoms with Gasteiger partial charge in [-0.25, -0.2) is 4.98 Å². The first-order valence-electron chi connectivity index (χ1n) is 11.7. The van der Waals surface area contributed by atoms with Gasteiger partial charge in [-0.05, 0) is 49.6 Å². The van der Waals surface area contributed by atoms with Crippen molar-refractivity contribution in [2.45, 2.75) is 32.9 Å². The number of fused-ring (bicyclic) bond motifs is 1. The highest BCUT2D eigenvalue weighted by atomic mass is 16.3. The molecule has 0 radical (unpaired) electrons. The van der Waals surface area contributed by atoms with Crippen molar-refractivity contribution in [2.75, 3.05) is 18.0 Å². The Hall–Kier alpha value is -3.87. The van der Waals surface area contributed by atoms with Gasteiger partial charge in [-0.15, -0.1) is 0 Å². The van der Waals surface area contributed by atoms with Crippen molar-refractivity contribution in [3.05, 3.63) is 94.2 Å². The number of piperidine rings is 1. The van der Waals surface area contributed by atoms with Crippen LogP contribution in [0.25, 0.3) is 11.0 Å². The summed E-state index contributed by atoms with van der Waals surface area (Å²) in [7, 11) is 0. The van der Waals surface area contributed by atoms with E-state index in [1.165, 1.54) is 0 Å². The molecular formula is C27H28N4O3. The Kier molecular flexibility index (Phi) is 6.16. The first-order valence-corrected chi connectivity index (χ1v) is 11.7. The summed E-state index contributed by atoms with van der Waals surface area (Å²) < 4.78 is 7.33. The highest BCUT2D eigenvalue weighted by Gasteiger charge is 2.27. The molecule has 2 aromatic carbocycles. The summed E-state index contributed by atoms with van der Waals surface area (Å²) in [5.41, 5.74) is 2.58. The molecule has 174 valence electrons. The number of rotatable bonds is 6. The molecule has 7 nitrogen and oxygen atoms in total. The molecule has 5 rings (SSSR count). The Balaban J connectivity index is 1.32. The molecule has 2 aromatic heterocycles. The van der Waals surface area contributed by atoms with Gasteiger partial charge in [0, 0.05) is 19.0 Å². The van der Waals surface area contributed by atoms with Crippen LogP contribution < -0.4 is 15.8 Å². The van der Waals surface area contributed by atoms with Crippen LogP contribution in [0.15, 0.2) is 75.9 Å². The van der Waals surface area contributed by atoms with Gasteiger partial charge < -0.3 is 14.6 Å². The number of aromatic nitrogens is 2. The molecule has 34 heavy (non-hydrogen) atoms. The van der Waals surface area contributed by atoms with Gasteiger partial charge in [0.1, 0.15) is 11.5 Å². The average Bonchev–Trinajstić information content (AvgIpc) is 3.30. The molecule has 7 heteroatoms. The number of furan rings is 1. The number of nitrogens with one attached hydrogen (secondary N) is 1. The van der Waals surface area contributed by atoms with Crippen molar-refractivity contribution < 1.29 is 9.21 Å². The van der Waals surface area contributed by atoms with Crippen LogP contribution in [0, 0.1) is 12.8 Å². The number of carbonyl (C=O) groups is 1. The van der Waals surface area contributed by atoms with Crippen LogP contribution in [0.4, 0.5) is 5.82 Å². The second-order valence-electron chi connectivity index (χ2n) is 8.79. The van der Waals surface area contributed by atoms with E-state index in [1.807, 2.05) is 78.6 Å². The molecule has 0 atom stereocenters. The van der Waals surface area contributed by atoms with Crippen LogP contribution in [0.3, 0.4) is 0 Å². The Morgan fingerprint density at radius 1 is 1.03 bits per heavy atom. The average molecular weight is 457 g/mol. The van der Waals surface area contributed by atoms with Crippen molar-refractivity contribution >= 4 is 22.8 Å². The van der Waals surface area contributed by atoms with Crippen LogP contribution in [0.1, 0.15) is 29.9 Å². The van der Waals surface area contributed by atoms with Crippen LogP contribution in [-0.4, -0.2) is 28.5 Å². The monoisotopic (exact) mass is 456 g/mol. The largest absolute Gasteiger partial charge is 0.465 e. The minimum atomic E-state index is -0.0985. The van der Waals surface area contributed by atoms with Crippen LogP contribution >= 0.6 is 0 Å². The minimum Gasteiger partial charge on any atom is -0.465 e. The summed E-state index contributed by atoms with van der Waals surface area (Å²) in [6.45, 7) is 3.99. The zero-order valence-corrected chi connectivity index (χ0v) is 19.2. The molecule has 1 fully saturated rings. The lowest BCUT2D eigenvalue weighted by atomic mass is 9.96. The number of anilines is 1. The lowest BCUT2D eigenvalue weighted by molar-refractivity contribution is -0.125. The molecule has 0 saturated carbocycles. The molecule has 1 amide bonds. The predicted octanol–water partition coefficient (Wildman–Crippen LogP) is 3.88. The molecule has 4 aromatic rings. The number of para-hydroxylation sites is 2. The lowest BCUT2D eigenvalue weighted by Crippen LogP contribution is -2.43. The van der Waals surface area contributed by atoms with Gasteiger partial charge in [0.15, 0.2) is 5.82 Å². The Bertz CT molecular complexity index is 1350. The number of aryl methyl sites for hydroxylation is 1. The van der Waals surface area contributed by atoms with E-state index in [1.54, 1.807) is 4.57 Å². The maximum atomic E-state index is 13.5. The van der Waals surface area contributed by atoms with Gasteiger partial charge in [-0.2, -0.15) is 0 Å². The fourth-order valence-electron chi connectivity index (χ4n) is 4.56. The Labute approximate surface area is 198 Å². The third-order valence-electron chi connectivity index (χ3n) is 6.42. The molecular weight excluding hydrogens is 428 g/mol. The molecule has 1 aliphatic rings. The molecule has 0 unspecified atom stereocenters. The predicted molar refractivity (Wildman–Crippen MR) is 132 cm³/mol. The highest BCUT2D eigenvalue weighted by Crippen LogP contribution is 2.22. The van der Waals surface area contributed by atoms with E-state index in [-0.39, 0.29) is 17.4 Å². The lowest BCUT2D eigenvalue weighted by Gasteiger charge is -2.32. The van der Waals surface area contributed by atoms with Gasteiger partial charge in [-0.1, -0.05) is 42.5 Å². The molecule has 0 spiro atoms. The molecule has 1 N–H and O–H groups in total. The van der Waals surface area contributed by atoms with Crippen molar-refractivity contribution in [3.63, 3.8) is 0 Å². The van der Waals surface area contributed by atoms with Crippen molar-refractivity contribution in [1.82, 2.24) is 14.9 Å². The number of carbonyl (C=O) groups excluding carboxylic acids is 1. The number of benzene rings is 2. The highest BCUT2D eigenvalue weighted by molar-refractivity contribution is 5.79. The minimum absolute atomic E-state index is 0.0293. The zero-order valence-electron chi connectivity index (χ0n) is 19.2. The van der Waals surface area contributed by atoms with E-state index >= 15 is 0 Å². The van der Waals surface area contributed by atoms with E-state index in [0.29, 0.717) is 44.8 Å². The number of amides is 1. The topological polar surface area (TPSA) is 80.4 Å². The number of hydrogen-bond acceptors (Lipinski definition) is 5. The maximum absolute atomic E-state index is 13.5. The van der Waals surface area contributed by atoms with Crippen molar-refractivity contribution in [1.29, 1.82) is 0 Å². The fourth-order valence-corrected chi connectivity index (χ4v) is 4.56. The summed E-state index contributed by atoms with van der Waals surface area (Å²) in [5.74, 6) is 1.99. The van der Waals surface area contributed by atoms with Crippen LogP contribution in [0.5, 0.6) is 0 Å². The van der Waals surface area contributed by atoms with Crippen molar-refractivity contribution in [3.8, 4) is 0 Å². The summed E-state index contributed by atoms with van der Waals surface area (Å²) >= 11 is 0. The summed E-state index contributed by atoms with van der Waals surface area (Å²) in [5, 5.41) is 2.98. The van der Waals surface area contributed by atoms with Gasteiger partial charge >= 0.3 is 0 Å². The second kappa shape index (κ2) is 9.55. The summed E-state index contributed by atoms with van der Waals surface area (Å²) in [4.78, 5) is 33.0. The second-order valence-corrected chi connectivity index (χ2v) is 8.79. The normalized spacial score (nSPS) is 14.4. The summed E-state index contributed by atoms with van der Waals surface area (Å²) in [6, 6.07) is 21.5. The van der Waals surface area contributed by atoms with Gasteiger partial charge in [0.2, 0.25) is 5.91 Å². The Morgan fingerprint density at radius 3 is 2.50 bits per heavy atom. The molecule has 1 aliphatic heterocycles. The maximum Gasteiger partial charge on any atom is 0.294 e. The van der Waals surface area contributed by atoms with Gasteiger partial charge in [0.05, 0.1) is 24.1 Å². The van der Waals surface area contributed by atoms with Crippen LogP contribution in [0.2, 0.25) is 0 Å². The smallest absolute Gasteiger partial charge is 0.294 e. The molecule has 0 aliphatic carbocycles. The fraction of sp³-hybridized carbons (Fsp3) is 0.296. The third kappa shape index (κ3) is 4.59. The van der Waals surface area contributed by atoms with Gasteiger partial charge in [-0.3, -0.25) is 14.2 Å². The van der Waals surface area contributed by atoms with Crippen LogP contribution in [-0.2, 0) is 17.9 Å². The van der Waals surface area contributed by atoms with E-state index in [4.69, 9.17) is 9.40 Å². The molecule has 3 heterocycles. The van der Waals surface area contributed by atoms with E-state index in [9.17, 15) is 9.59 Å². The first kappa shape index (κ1) is 21.9. The van der Waals surface area contributed by atoms with Crippen molar-refractivity contribution in [2.24, 2.45) is 5.92 Å². The summed E-state index contributed by atoms with van der Waals surface area (Å²) in [6.07, 6.45) is 1.35. The molecule has 1 saturated heterocycles. The van der Waals surface area contributed by atoms with E-state index < -0.39 is 0 Å². The first-order chi connectivity index (χ1) is 16.6. The van der Waals surface area contributed by atoms with E-state index in [2.05, 4.69) is 5.32 Å². The number of nitrogens with zero attached hydrogens (tertiary/aromatic N) is 3. The third-order valence-corrected chi connectivity index (χ3v) is 6.42.